The molecule has 0 unspecified atom stereocenters. The van der Waals surface area contributed by atoms with Gasteiger partial charge in [-0.3, -0.25) is 9.59 Å². The first-order valence-corrected chi connectivity index (χ1v) is 9.88. The van der Waals surface area contributed by atoms with Gasteiger partial charge in [-0.15, -0.1) is 0 Å². The van der Waals surface area contributed by atoms with E-state index in [1.54, 1.807) is 12.1 Å². The number of hydrogen-bond acceptors (Lipinski definition) is 5. The lowest BCUT2D eigenvalue weighted by atomic mass is 10.3. The summed E-state index contributed by atoms with van der Waals surface area (Å²) in [6.07, 6.45) is -0.869. The molecule has 0 aliphatic heterocycles. The van der Waals surface area contributed by atoms with Gasteiger partial charge in [-0.25, -0.2) is 13.1 Å². The van der Waals surface area contributed by atoms with Crippen LogP contribution in [0.3, 0.4) is 0 Å². The quantitative estimate of drug-likeness (QED) is 0.732. The van der Waals surface area contributed by atoms with E-state index in [9.17, 15) is 18.0 Å². The molecule has 1 atom stereocenters. The van der Waals surface area contributed by atoms with E-state index < -0.39 is 27.9 Å². The molecule has 0 radical (unpaired) electrons. The van der Waals surface area contributed by atoms with Gasteiger partial charge in [0.2, 0.25) is 5.91 Å². The maximum absolute atomic E-state index is 12.2. The summed E-state index contributed by atoms with van der Waals surface area (Å²) in [6, 6.07) is 9.96. The molecule has 27 heavy (non-hydrogen) atoms. The lowest BCUT2D eigenvalue weighted by molar-refractivity contribution is -0.122. The van der Waals surface area contributed by atoms with Gasteiger partial charge >= 0.3 is 0 Å². The minimum atomic E-state index is -3.93. The molecule has 0 saturated carbocycles. The van der Waals surface area contributed by atoms with Crippen LogP contribution in [0.4, 0.5) is 5.69 Å². The highest BCUT2D eigenvalue weighted by atomic mass is 35.5. The Morgan fingerprint density at radius 3 is 2.26 bits per heavy atom. The van der Waals surface area contributed by atoms with Gasteiger partial charge in [0.25, 0.3) is 15.9 Å². The number of anilines is 1. The molecule has 0 saturated heterocycles. The Morgan fingerprint density at radius 1 is 1.07 bits per heavy atom. The van der Waals surface area contributed by atoms with Gasteiger partial charge in [-0.1, -0.05) is 23.2 Å². The highest BCUT2D eigenvalue weighted by Gasteiger charge is 2.18. The summed E-state index contributed by atoms with van der Waals surface area (Å²) in [5.41, 5.74) is 0.361. The smallest absolute Gasteiger partial charge is 0.265 e. The van der Waals surface area contributed by atoms with Gasteiger partial charge in [0.15, 0.2) is 6.10 Å². The van der Waals surface area contributed by atoms with E-state index in [1.165, 1.54) is 37.3 Å². The van der Waals surface area contributed by atoms with Crippen molar-refractivity contribution < 1.29 is 22.7 Å². The van der Waals surface area contributed by atoms with E-state index in [1.807, 2.05) is 4.72 Å². The minimum Gasteiger partial charge on any atom is -0.479 e. The molecular weight excluding hydrogens is 415 g/mol. The van der Waals surface area contributed by atoms with Crippen molar-refractivity contribution in [2.75, 3.05) is 5.32 Å². The third-order valence-corrected chi connectivity index (χ3v) is 5.26. The molecule has 0 aliphatic rings. The number of hydrogen-bond donors (Lipinski definition) is 2. The van der Waals surface area contributed by atoms with E-state index in [0.717, 1.165) is 6.92 Å². The van der Waals surface area contributed by atoms with E-state index >= 15 is 0 Å². The molecule has 144 valence electrons. The zero-order valence-electron chi connectivity index (χ0n) is 14.3. The number of rotatable bonds is 6. The van der Waals surface area contributed by atoms with Crippen LogP contribution in [-0.4, -0.2) is 26.3 Å². The van der Waals surface area contributed by atoms with Crippen LogP contribution in [0.5, 0.6) is 5.75 Å². The Bertz CT molecular complexity index is 962. The number of halogens is 2. The lowest BCUT2D eigenvalue weighted by Gasteiger charge is -2.16. The largest absolute Gasteiger partial charge is 0.479 e. The topological polar surface area (TPSA) is 102 Å². The number of nitrogens with one attached hydrogen (secondary N) is 2. The molecule has 0 heterocycles. The monoisotopic (exact) mass is 430 g/mol. The van der Waals surface area contributed by atoms with Crippen molar-refractivity contribution in [2.24, 2.45) is 0 Å². The van der Waals surface area contributed by atoms with Crippen molar-refractivity contribution in [3.8, 4) is 5.75 Å². The number of amides is 2. The fourth-order valence-corrected chi connectivity index (χ4v) is 3.47. The Hall–Kier alpha value is -2.29. The van der Waals surface area contributed by atoms with Crippen molar-refractivity contribution in [1.29, 1.82) is 0 Å². The predicted molar refractivity (Wildman–Crippen MR) is 103 cm³/mol. The maximum atomic E-state index is 12.2. The molecule has 0 bridgehead atoms. The highest BCUT2D eigenvalue weighted by molar-refractivity contribution is 7.90. The van der Waals surface area contributed by atoms with E-state index in [0.29, 0.717) is 16.5 Å². The third kappa shape index (κ3) is 5.85. The maximum Gasteiger partial charge on any atom is 0.265 e. The fourth-order valence-electron chi connectivity index (χ4n) is 2.02. The molecule has 2 aromatic carbocycles. The van der Waals surface area contributed by atoms with E-state index in [2.05, 4.69) is 5.32 Å². The molecule has 0 aromatic heterocycles. The summed E-state index contributed by atoms with van der Waals surface area (Å²) in [4.78, 5) is 23.1. The molecule has 0 aliphatic carbocycles. The van der Waals surface area contributed by atoms with E-state index in [4.69, 9.17) is 27.9 Å². The van der Waals surface area contributed by atoms with Crippen molar-refractivity contribution in [3.05, 3.63) is 52.5 Å². The zero-order chi connectivity index (χ0) is 20.2. The predicted octanol–water partition coefficient (Wildman–Crippen LogP) is 3.22. The second-order valence-corrected chi connectivity index (χ2v) is 8.04. The number of carbonyl (C=O) groups is 2. The van der Waals surface area contributed by atoms with E-state index in [-0.39, 0.29) is 9.92 Å². The number of benzene rings is 2. The molecule has 0 fully saturated rings. The minimum absolute atomic E-state index is 0.104. The summed E-state index contributed by atoms with van der Waals surface area (Å²) in [5, 5.41) is 3.31. The number of sulfonamides is 1. The molecule has 2 rings (SSSR count). The Morgan fingerprint density at radius 2 is 1.70 bits per heavy atom. The molecule has 10 heteroatoms. The van der Waals surface area contributed by atoms with Crippen LogP contribution in [0.1, 0.15) is 13.8 Å². The SMILES string of the molecule is CC(=O)NS(=O)(=O)c1ccc(NC(=O)[C@H](C)Oc2ccc(Cl)cc2Cl)cc1. The standard InChI is InChI=1S/C17H16Cl2N2O5S/c1-10(26-16-8-3-12(18)9-15(16)19)17(23)20-13-4-6-14(7-5-13)27(24,25)21-11(2)22/h3-10H,1-2H3,(H,20,23)(H,21,22)/t10-/m0/s1. The Balaban J connectivity index is 2.03. The van der Waals surface area contributed by atoms with Crippen LogP contribution in [-0.2, 0) is 19.6 Å². The van der Waals surface area contributed by atoms with Crippen molar-refractivity contribution in [2.45, 2.75) is 24.8 Å². The molecule has 2 amide bonds. The Kier molecular flexibility index (Phi) is 6.69. The number of ether oxygens (including phenoxy) is 1. The van der Waals surface area contributed by atoms with Gasteiger partial charge < -0.3 is 10.1 Å². The second kappa shape index (κ2) is 8.60. The first kappa shape index (κ1) is 21.0. The highest BCUT2D eigenvalue weighted by Crippen LogP contribution is 2.28. The second-order valence-electron chi connectivity index (χ2n) is 5.51. The fraction of sp³-hybridized carbons (Fsp3) is 0.176. The van der Waals surface area contributed by atoms with Gasteiger partial charge in [0.05, 0.1) is 9.92 Å². The number of carbonyl (C=O) groups excluding carboxylic acids is 2. The molecule has 0 spiro atoms. The van der Waals surface area contributed by atoms with Crippen molar-refractivity contribution >= 4 is 50.7 Å². The third-order valence-electron chi connectivity index (χ3n) is 3.28. The summed E-state index contributed by atoms with van der Waals surface area (Å²) >= 11 is 11.8. The normalized spacial score (nSPS) is 12.1. The molecule has 2 N–H and O–H groups in total. The summed E-state index contributed by atoms with van der Waals surface area (Å²) < 4.78 is 31.1. The van der Waals surface area contributed by atoms with Crippen molar-refractivity contribution in [3.63, 3.8) is 0 Å². The first-order valence-electron chi connectivity index (χ1n) is 7.64. The van der Waals surface area contributed by atoms with Crippen LogP contribution in [0.25, 0.3) is 0 Å². The molecule has 7 nitrogen and oxygen atoms in total. The Labute approximate surface area is 166 Å². The van der Waals surface area contributed by atoms with Gasteiger partial charge in [-0.2, -0.15) is 0 Å². The summed E-state index contributed by atoms with van der Waals surface area (Å²) in [5.74, 6) is -0.849. The summed E-state index contributed by atoms with van der Waals surface area (Å²) in [7, 11) is -3.93. The van der Waals surface area contributed by atoms with Crippen LogP contribution in [0.2, 0.25) is 10.0 Å². The van der Waals surface area contributed by atoms with Crippen LogP contribution < -0.4 is 14.8 Å². The average Bonchev–Trinajstić information content (AvgIpc) is 2.56. The van der Waals surface area contributed by atoms with Crippen LogP contribution in [0, 0.1) is 0 Å². The van der Waals surface area contributed by atoms with Crippen LogP contribution in [0.15, 0.2) is 47.4 Å². The molecular formula is C17H16Cl2N2O5S. The van der Waals surface area contributed by atoms with Crippen LogP contribution >= 0.6 is 23.2 Å². The first-order chi connectivity index (χ1) is 12.6. The van der Waals surface area contributed by atoms with Gasteiger partial charge in [0, 0.05) is 17.6 Å². The average molecular weight is 431 g/mol. The lowest BCUT2D eigenvalue weighted by Crippen LogP contribution is -2.30. The van der Waals surface area contributed by atoms with Gasteiger partial charge in [0.1, 0.15) is 5.75 Å². The van der Waals surface area contributed by atoms with Crippen molar-refractivity contribution in [1.82, 2.24) is 4.72 Å². The molecule has 2 aromatic rings. The zero-order valence-corrected chi connectivity index (χ0v) is 16.7. The summed E-state index contributed by atoms with van der Waals surface area (Å²) in [6.45, 7) is 2.64. The van der Waals surface area contributed by atoms with Gasteiger partial charge in [-0.05, 0) is 49.4 Å².